The van der Waals surface area contributed by atoms with E-state index in [1.165, 1.54) is 0 Å². The fraction of sp³-hybridized carbons (Fsp3) is 0.476. The Labute approximate surface area is 159 Å². The summed E-state index contributed by atoms with van der Waals surface area (Å²) >= 11 is 0. The summed E-state index contributed by atoms with van der Waals surface area (Å²) in [6.07, 6.45) is 3.51. The van der Waals surface area contributed by atoms with Crippen LogP contribution < -0.4 is 0 Å². The monoisotopic (exact) mass is 365 g/mol. The van der Waals surface area contributed by atoms with Crippen LogP contribution in [0.3, 0.4) is 0 Å². The number of nitrogens with zero attached hydrogens (tertiary/aromatic N) is 4. The summed E-state index contributed by atoms with van der Waals surface area (Å²) in [6, 6.07) is 10.2. The molecule has 1 aliphatic heterocycles. The van der Waals surface area contributed by atoms with E-state index in [1.54, 1.807) is 0 Å². The molecule has 0 aliphatic carbocycles. The van der Waals surface area contributed by atoms with Crippen molar-refractivity contribution in [1.82, 2.24) is 24.6 Å². The number of para-hydroxylation sites is 2. The Kier molecular flexibility index (Phi) is 4.97. The highest BCUT2D eigenvalue weighted by Gasteiger charge is 2.26. The molecule has 27 heavy (non-hydrogen) atoms. The smallest absolute Gasteiger partial charge is 0.222 e. The molecule has 0 unspecified atom stereocenters. The number of carbonyl (C=O) groups excluding carboxylic acids is 1. The number of H-pyrrole nitrogens is 1. The number of aromatic amines is 1. The Morgan fingerprint density at radius 3 is 2.93 bits per heavy atom. The molecule has 4 rings (SSSR count). The van der Waals surface area contributed by atoms with E-state index < -0.39 is 0 Å². The van der Waals surface area contributed by atoms with Gasteiger partial charge in [0.25, 0.3) is 0 Å². The number of hydrogen-bond donors (Lipinski definition) is 1. The molecule has 0 saturated carbocycles. The van der Waals surface area contributed by atoms with E-state index in [0.717, 1.165) is 67.1 Å². The summed E-state index contributed by atoms with van der Waals surface area (Å²) < 4.78 is 2.00. The van der Waals surface area contributed by atoms with Gasteiger partial charge in [-0.3, -0.25) is 9.48 Å². The maximum atomic E-state index is 12.7. The molecule has 1 amide bonds. The number of likely N-dealkylation sites (tertiary alicyclic amines) is 1. The number of carbonyl (C=O) groups is 1. The summed E-state index contributed by atoms with van der Waals surface area (Å²) in [5, 5.41) is 4.47. The van der Waals surface area contributed by atoms with Crippen molar-refractivity contribution in [2.75, 3.05) is 13.1 Å². The number of aryl methyl sites for hydroxylation is 3. The second-order valence-electron chi connectivity index (χ2n) is 7.57. The van der Waals surface area contributed by atoms with Crippen molar-refractivity contribution in [3.05, 3.63) is 47.5 Å². The van der Waals surface area contributed by atoms with Gasteiger partial charge in [0.1, 0.15) is 5.82 Å². The van der Waals surface area contributed by atoms with E-state index in [1.807, 2.05) is 34.7 Å². The first-order valence-electron chi connectivity index (χ1n) is 9.83. The quantitative estimate of drug-likeness (QED) is 0.752. The molecule has 1 aromatic carbocycles. The molecular weight excluding hydrogens is 338 g/mol. The van der Waals surface area contributed by atoms with Crippen molar-refractivity contribution < 1.29 is 4.79 Å². The third kappa shape index (κ3) is 3.89. The van der Waals surface area contributed by atoms with Crippen molar-refractivity contribution in [2.24, 2.45) is 0 Å². The molecule has 3 aromatic rings. The normalized spacial score (nSPS) is 17.6. The third-order valence-electron chi connectivity index (χ3n) is 5.43. The molecule has 3 heterocycles. The number of fused-ring (bicyclic) bond motifs is 1. The Morgan fingerprint density at radius 2 is 2.15 bits per heavy atom. The van der Waals surface area contributed by atoms with E-state index in [4.69, 9.17) is 4.98 Å². The minimum Gasteiger partial charge on any atom is -0.342 e. The zero-order chi connectivity index (χ0) is 18.8. The molecule has 1 aliphatic rings. The highest BCUT2D eigenvalue weighted by molar-refractivity contribution is 5.76. The van der Waals surface area contributed by atoms with Gasteiger partial charge in [0.2, 0.25) is 5.91 Å². The molecule has 1 fully saturated rings. The lowest BCUT2D eigenvalue weighted by Gasteiger charge is -2.32. The molecule has 0 bridgehead atoms. The van der Waals surface area contributed by atoms with Crippen LogP contribution in [0.15, 0.2) is 30.3 Å². The topological polar surface area (TPSA) is 66.8 Å². The van der Waals surface area contributed by atoms with Gasteiger partial charge in [-0.15, -0.1) is 0 Å². The van der Waals surface area contributed by atoms with Crippen molar-refractivity contribution >= 4 is 16.9 Å². The minimum atomic E-state index is 0.248. The van der Waals surface area contributed by atoms with Crippen molar-refractivity contribution in [1.29, 1.82) is 0 Å². The summed E-state index contributed by atoms with van der Waals surface area (Å²) in [5.74, 6) is 1.56. The molecule has 6 heteroatoms. The first-order valence-corrected chi connectivity index (χ1v) is 9.83. The number of aromatic nitrogens is 4. The van der Waals surface area contributed by atoms with E-state index in [0.29, 0.717) is 12.3 Å². The number of benzene rings is 1. The van der Waals surface area contributed by atoms with Crippen LogP contribution in [0.5, 0.6) is 0 Å². The van der Waals surface area contributed by atoms with Crippen molar-refractivity contribution in [2.45, 2.75) is 52.0 Å². The van der Waals surface area contributed by atoms with Gasteiger partial charge in [-0.05, 0) is 51.3 Å². The number of imidazole rings is 1. The maximum Gasteiger partial charge on any atom is 0.222 e. The van der Waals surface area contributed by atoms with Crippen molar-refractivity contribution in [3.8, 4) is 0 Å². The van der Waals surface area contributed by atoms with Gasteiger partial charge in [-0.2, -0.15) is 5.10 Å². The molecule has 0 radical (unpaired) electrons. The zero-order valence-electron chi connectivity index (χ0n) is 16.1. The number of piperidine rings is 1. The third-order valence-corrected chi connectivity index (χ3v) is 5.43. The second-order valence-corrected chi connectivity index (χ2v) is 7.57. The largest absolute Gasteiger partial charge is 0.342 e. The van der Waals surface area contributed by atoms with Crippen LogP contribution in [0.1, 0.15) is 48.8 Å². The molecule has 1 N–H and O–H groups in total. The van der Waals surface area contributed by atoms with Gasteiger partial charge in [0, 0.05) is 37.7 Å². The highest BCUT2D eigenvalue weighted by atomic mass is 16.2. The molecule has 1 atom stereocenters. The molecule has 2 aromatic heterocycles. The number of nitrogens with one attached hydrogen (secondary N) is 1. The van der Waals surface area contributed by atoms with Crippen LogP contribution in [0.25, 0.3) is 11.0 Å². The van der Waals surface area contributed by atoms with Gasteiger partial charge in [-0.1, -0.05) is 12.1 Å². The maximum absolute atomic E-state index is 12.7. The standard InChI is InChI=1S/C21H27N5O/c1-15-13-16(2)26(24-15)12-6-10-20(27)25-11-5-7-17(14-25)21-22-18-8-3-4-9-19(18)23-21/h3-4,8-9,13,17H,5-7,10-12,14H2,1-2H3,(H,22,23)/t17-/m1/s1. The predicted molar refractivity (Wildman–Crippen MR) is 106 cm³/mol. The molecule has 6 nitrogen and oxygen atoms in total. The van der Waals surface area contributed by atoms with Gasteiger partial charge in [0.15, 0.2) is 0 Å². The van der Waals surface area contributed by atoms with Gasteiger partial charge in [0.05, 0.1) is 16.7 Å². The number of rotatable bonds is 5. The van der Waals surface area contributed by atoms with E-state index in [2.05, 4.69) is 29.1 Å². The van der Waals surface area contributed by atoms with Crippen LogP contribution in [0, 0.1) is 13.8 Å². The van der Waals surface area contributed by atoms with Gasteiger partial charge < -0.3 is 9.88 Å². The highest BCUT2D eigenvalue weighted by Crippen LogP contribution is 2.27. The zero-order valence-corrected chi connectivity index (χ0v) is 16.1. The summed E-state index contributed by atoms with van der Waals surface area (Å²) in [7, 11) is 0. The molecule has 142 valence electrons. The van der Waals surface area contributed by atoms with Crippen molar-refractivity contribution in [3.63, 3.8) is 0 Å². The van der Waals surface area contributed by atoms with Crippen LogP contribution in [-0.2, 0) is 11.3 Å². The Hall–Kier alpha value is -2.63. The lowest BCUT2D eigenvalue weighted by atomic mass is 9.97. The summed E-state index contributed by atoms with van der Waals surface area (Å²) in [4.78, 5) is 22.9. The second kappa shape index (κ2) is 7.55. The number of amides is 1. The first kappa shape index (κ1) is 17.8. The predicted octanol–water partition coefficient (Wildman–Crippen LogP) is 3.56. The fourth-order valence-corrected chi connectivity index (χ4v) is 4.03. The average molecular weight is 365 g/mol. The van der Waals surface area contributed by atoms with E-state index in [-0.39, 0.29) is 5.91 Å². The molecular formula is C21H27N5O. The number of hydrogen-bond acceptors (Lipinski definition) is 3. The van der Waals surface area contributed by atoms with E-state index in [9.17, 15) is 4.79 Å². The molecule has 1 saturated heterocycles. The van der Waals surface area contributed by atoms with Gasteiger partial charge >= 0.3 is 0 Å². The van der Waals surface area contributed by atoms with Crippen LogP contribution in [-0.4, -0.2) is 43.6 Å². The van der Waals surface area contributed by atoms with E-state index >= 15 is 0 Å². The molecule has 0 spiro atoms. The SMILES string of the molecule is Cc1cc(C)n(CCCC(=O)N2CCC[C@@H](c3nc4ccccc4[nH]3)C2)n1. The van der Waals surface area contributed by atoms with Crippen LogP contribution >= 0.6 is 0 Å². The average Bonchev–Trinajstić information content (AvgIpc) is 3.24. The van der Waals surface area contributed by atoms with Crippen LogP contribution in [0.2, 0.25) is 0 Å². The summed E-state index contributed by atoms with van der Waals surface area (Å²) in [5.41, 5.74) is 4.26. The first-order chi connectivity index (χ1) is 13.1. The minimum absolute atomic E-state index is 0.248. The lowest BCUT2D eigenvalue weighted by Crippen LogP contribution is -2.39. The van der Waals surface area contributed by atoms with Gasteiger partial charge in [-0.25, -0.2) is 4.98 Å². The lowest BCUT2D eigenvalue weighted by molar-refractivity contribution is -0.132. The Bertz CT molecular complexity index is 908. The Morgan fingerprint density at radius 1 is 1.30 bits per heavy atom. The fourth-order valence-electron chi connectivity index (χ4n) is 4.03. The Balaban J connectivity index is 1.34. The summed E-state index contributed by atoms with van der Waals surface area (Å²) in [6.45, 7) is 6.48. The van der Waals surface area contributed by atoms with Crippen LogP contribution in [0.4, 0.5) is 0 Å².